The fraction of sp³-hybridized carbons (Fsp3) is 0.236. The average Bonchev–Trinajstić information content (AvgIpc) is 3.82. The maximum atomic E-state index is 9.02. The van der Waals surface area contributed by atoms with Gasteiger partial charge in [0.05, 0.1) is 40.3 Å². The Labute approximate surface area is 364 Å². The van der Waals surface area contributed by atoms with Crippen molar-refractivity contribution >= 4 is 32.8 Å². The summed E-state index contributed by atoms with van der Waals surface area (Å²) in [5.41, 5.74) is 6.89. The zero-order chi connectivity index (χ0) is 48.1. The third-order valence-corrected chi connectivity index (χ3v) is 10.8. The van der Waals surface area contributed by atoms with Gasteiger partial charge in [0, 0.05) is 25.8 Å². The molecule has 300 valence electrons. The summed E-state index contributed by atoms with van der Waals surface area (Å²) in [5, 5.41) is 2.05. The third kappa shape index (κ3) is 7.38. The van der Waals surface area contributed by atoms with Crippen molar-refractivity contribution in [3.8, 4) is 39.8 Å². The molecule has 0 aliphatic heterocycles. The number of para-hydroxylation sites is 2. The Morgan fingerprint density at radius 1 is 0.683 bits per heavy atom. The molecule has 0 atom stereocenters. The summed E-state index contributed by atoms with van der Waals surface area (Å²) in [6.45, 7) is 18.5. The van der Waals surface area contributed by atoms with E-state index >= 15 is 0 Å². The molecular weight excluding hydrogens is 733 g/mol. The number of aromatic nitrogens is 4. The van der Waals surface area contributed by atoms with E-state index in [0.717, 1.165) is 49.7 Å². The van der Waals surface area contributed by atoms with Gasteiger partial charge < -0.3 is 4.74 Å². The lowest BCUT2D eigenvalue weighted by molar-refractivity contribution is -0.572. The summed E-state index contributed by atoms with van der Waals surface area (Å²) in [7, 11) is 0. The fourth-order valence-electron chi connectivity index (χ4n) is 8.04. The van der Waals surface area contributed by atoms with Crippen molar-refractivity contribution in [2.75, 3.05) is 0 Å². The molecule has 0 N–H and O–H groups in total. The summed E-state index contributed by atoms with van der Waals surface area (Å²) in [6.07, 6.45) is 3.74. The van der Waals surface area contributed by atoms with Crippen LogP contribution in [0.15, 0.2) is 152 Å². The monoisotopic (exact) mass is 793 g/mol. The van der Waals surface area contributed by atoms with Crippen LogP contribution in [0.25, 0.3) is 61.2 Å². The summed E-state index contributed by atoms with van der Waals surface area (Å²) in [6, 6.07) is 35.9. The first-order valence-electron chi connectivity index (χ1n) is 24.0. The minimum absolute atomic E-state index is 0.126. The van der Waals surface area contributed by atoms with E-state index in [2.05, 4.69) is 82.8 Å². The second kappa shape index (κ2) is 14.7. The fourth-order valence-corrected chi connectivity index (χ4v) is 8.04. The zero-order valence-corrected chi connectivity index (χ0v) is 35.7. The van der Waals surface area contributed by atoms with Crippen molar-refractivity contribution < 1.29 is 18.9 Å². The van der Waals surface area contributed by atoms with Gasteiger partial charge in [0.25, 0.3) is 6.33 Å². The average molecular weight is 794 g/mol. The second-order valence-electron chi connectivity index (χ2n) is 18.6. The molecule has 0 aliphatic rings. The SMILES string of the molecule is [2H]c1c([2H])c([2H])c(-c2cccc(C(C)(C)C)c2-[n+]2[c-]n(-c3cccc(Oc4ccc5c6ccccc6n(-c6cc(C([2H])([2H])C(C)(C)C)ccn6)c5c4)c3)c3cc(C(C)(C)C)ccc32)c([2H])c1[2H]. The molecule has 9 aromatic rings. The predicted molar refractivity (Wildman–Crippen MR) is 248 cm³/mol. The number of fused-ring (bicyclic) bond motifs is 4. The van der Waals surface area contributed by atoms with Crippen molar-refractivity contribution in [3.05, 3.63) is 175 Å². The van der Waals surface area contributed by atoms with Crippen LogP contribution < -0.4 is 9.30 Å². The molecule has 0 amide bonds. The Hall–Kier alpha value is -6.46. The standard InChI is InChI=1S/C55H54N4O/c1-53(2,3)35-37-29-30-56-51(31-37)59-47-24-14-13-21-44(47)45-27-26-42(34-49(45)59)60-41-20-15-19-40(33-41)57-36-58(48-28-25-39(32-50(48)57)54(4,5)6)52-43(38-17-11-10-12-18-38)22-16-23-46(52)55(7,8)9/h10-34H,35H2,1-9H3/i10D,11D,12D,17D,18D,35D2. The van der Waals surface area contributed by atoms with Crippen LogP contribution in [-0.4, -0.2) is 14.1 Å². The van der Waals surface area contributed by atoms with Gasteiger partial charge in [-0.05, 0) is 105 Å². The van der Waals surface area contributed by atoms with E-state index < -0.39 is 35.3 Å². The van der Waals surface area contributed by atoms with Gasteiger partial charge in [-0.3, -0.25) is 13.7 Å². The first kappa shape index (κ1) is 31.5. The van der Waals surface area contributed by atoms with E-state index in [9.17, 15) is 0 Å². The lowest BCUT2D eigenvalue weighted by atomic mass is 9.83. The number of nitrogens with zero attached hydrogens (tertiary/aromatic N) is 4. The van der Waals surface area contributed by atoms with E-state index in [1.165, 1.54) is 0 Å². The minimum atomic E-state index is -1.61. The smallest absolute Gasteiger partial charge is 0.269 e. The first-order chi connectivity index (χ1) is 31.5. The molecule has 60 heavy (non-hydrogen) atoms. The molecule has 0 aliphatic carbocycles. The second-order valence-corrected chi connectivity index (χ2v) is 18.6. The van der Waals surface area contributed by atoms with Gasteiger partial charge in [-0.2, -0.15) is 0 Å². The molecule has 5 nitrogen and oxygen atoms in total. The number of ether oxygens (including phenoxy) is 1. The molecule has 5 heteroatoms. The van der Waals surface area contributed by atoms with Crippen molar-refractivity contribution in [1.82, 2.24) is 14.1 Å². The highest BCUT2D eigenvalue weighted by Crippen LogP contribution is 2.38. The molecule has 0 saturated carbocycles. The van der Waals surface area contributed by atoms with Crippen molar-refractivity contribution in [3.63, 3.8) is 0 Å². The van der Waals surface area contributed by atoms with E-state index in [1.54, 1.807) is 12.3 Å². The van der Waals surface area contributed by atoms with Crippen LogP contribution in [0.4, 0.5) is 0 Å². The molecular formula is C55H54N4O. The topological polar surface area (TPSA) is 35.9 Å². The maximum Gasteiger partial charge on any atom is 0.269 e. The number of benzene rings is 6. The van der Waals surface area contributed by atoms with Crippen LogP contribution in [0, 0.1) is 11.7 Å². The van der Waals surface area contributed by atoms with Gasteiger partial charge in [-0.15, -0.1) is 0 Å². The van der Waals surface area contributed by atoms with E-state index in [4.69, 9.17) is 19.3 Å². The molecule has 0 saturated heterocycles. The van der Waals surface area contributed by atoms with Crippen molar-refractivity contribution in [2.45, 2.75) is 79.5 Å². The Kier molecular flexibility index (Phi) is 7.69. The summed E-state index contributed by atoms with van der Waals surface area (Å²) < 4.78 is 74.3. The largest absolute Gasteiger partial charge is 0.458 e. The molecule has 3 heterocycles. The Morgan fingerprint density at radius 3 is 2.20 bits per heavy atom. The van der Waals surface area contributed by atoms with Crippen LogP contribution in [0.3, 0.4) is 0 Å². The van der Waals surface area contributed by atoms with Gasteiger partial charge in [0.2, 0.25) is 0 Å². The minimum Gasteiger partial charge on any atom is -0.458 e. The Balaban J connectivity index is 1.21. The maximum absolute atomic E-state index is 9.02. The van der Waals surface area contributed by atoms with Gasteiger partial charge in [0.15, 0.2) is 0 Å². The van der Waals surface area contributed by atoms with E-state index in [1.807, 2.05) is 109 Å². The summed E-state index contributed by atoms with van der Waals surface area (Å²) in [4.78, 5) is 4.77. The molecule has 9 rings (SSSR count). The molecule has 0 radical (unpaired) electrons. The third-order valence-electron chi connectivity index (χ3n) is 10.8. The van der Waals surface area contributed by atoms with Crippen molar-refractivity contribution in [2.24, 2.45) is 5.41 Å². The molecule has 3 aromatic heterocycles. The van der Waals surface area contributed by atoms with E-state index in [-0.39, 0.29) is 23.1 Å². The molecule has 0 spiro atoms. The Morgan fingerprint density at radius 2 is 1.43 bits per heavy atom. The zero-order valence-electron chi connectivity index (χ0n) is 42.7. The van der Waals surface area contributed by atoms with Crippen LogP contribution in [0.5, 0.6) is 11.5 Å². The molecule has 0 fully saturated rings. The van der Waals surface area contributed by atoms with Crippen LogP contribution in [0.2, 0.25) is 0 Å². The highest BCUT2D eigenvalue weighted by atomic mass is 16.5. The van der Waals surface area contributed by atoms with Gasteiger partial charge >= 0.3 is 0 Å². The predicted octanol–water partition coefficient (Wildman–Crippen LogP) is 13.8. The lowest BCUT2D eigenvalue weighted by Crippen LogP contribution is -2.34. The number of rotatable bonds is 7. The first-order valence-corrected chi connectivity index (χ1v) is 20.5. The molecule has 0 bridgehead atoms. The quantitative estimate of drug-likeness (QED) is 0.119. The van der Waals surface area contributed by atoms with Crippen LogP contribution in [0.1, 0.15) is 88.6 Å². The number of hydrogen-bond acceptors (Lipinski definition) is 2. The molecule has 0 unspecified atom stereocenters. The van der Waals surface area contributed by atoms with E-state index in [0.29, 0.717) is 34.1 Å². The normalized spacial score (nSPS) is 14.4. The lowest BCUT2D eigenvalue weighted by Gasteiger charge is -2.26. The summed E-state index contributed by atoms with van der Waals surface area (Å²) >= 11 is 0. The highest BCUT2D eigenvalue weighted by Gasteiger charge is 2.26. The number of hydrogen-bond donors (Lipinski definition) is 0. The van der Waals surface area contributed by atoms with Gasteiger partial charge in [-0.25, -0.2) is 4.98 Å². The highest BCUT2D eigenvalue weighted by molar-refractivity contribution is 6.09. The molecule has 6 aromatic carbocycles. The van der Waals surface area contributed by atoms with Crippen molar-refractivity contribution in [1.29, 1.82) is 0 Å². The van der Waals surface area contributed by atoms with Crippen LogP contribution in [-0.2, 0) is 17.2 Å². The number of imidazole rings is 1. The van der Waals surface area contributed by atoms with Crippen LogP contribution >= 0.6 is 0 Å². The Bertz CT molecular complexity index is 3410. The summed E-state index contributed by atoms with van der Waals surface area (Å²) in [5.74, 6) is 1.79. The number of pyridine rings is 1. The van der Waals surface area contributed by atoms with Gasteiger partial charge in [-0.1, -0.05) is 147 Å². The van der Waals surface area contributed by atoms with Gasteiger partial charge in [0.1, 0.15) is 17.3 Å².